The Morgan fingerprint density at radius 1 is 1.39 bits per heavy atom. The van der Waals surface area contributed by atoms with E-state index in [0.29, 0.717) is 24.8 Å². The van der Waals surface area contributed by atoms with Crippen molar-refractivity contribution in [3.8, 4) is 0 Å². The molecule has 5 nitrogen and oxygen atoms in total. The van der Waals surface area contributed by atoms with Crippen LogP contribution in [0.2, 0.25) is 0 Å². The lowest BCUT2D eigenvalue weighted by molar-refractivity contribution is -0.118. The molecule has 1 heterocycles. The van der Waals surface area contributed by atoms with E-state index in [-0.39, 0.29) is 5.78 Å². The molecule has 0 aliphatic rings. The van der Waals surface area contributed by atoms with E-state index in [2.05, 4.69) is 43.1 Å². The van der Waals surface area contributed by atoms with Gasteiger partial charge in [-0.05, 0) is 5.92 Å². The lowest BCUT2D eigenvalue weighted by atomic mass is 10.2. The average molecular weight is 252 g/mol. The summed E-state index contributed by atoms with van der Waals surface area (Å²) in [4.78, 5) is 16.0. The second-order valence-electron chi connectivity index (χ2n) is 5.33. The highest BCUT2D eigenvalue weighted by Crippen LogP contribution is 2.03. The van der Waals surface area contributed by atoms with Gasteiger partial charge in [-0.2, -0.15) is 5.10 Å². The second kappa shape index (κ2) is 7.26. The molecule has 0 spiro atoms. The Kier molecular flexibility index (Phi) is 5.98. The molecular formula is C13H24N4O. The van der Waals surface area contributed by atoms with Gasteiger partial charge in [0.05, 0.1) is 6.42 Å². The molecule has 0 unspecified atom stereocenters. The molecule has 0 aliphatic carbocycles. The Bertz CT molecular complexity index is 371. The fourth-order valence-electron chi connectivity index (χ4n) is 1.69. The van der Waals surface area contributed by atoms with Crippen LogP contribution in [0.15, 0.2) is 6.33 Å². The number of carbonyl (C=O) groups excluding carboxylic acids is 1. The molecule has 18 heavy (non-hydrogen) atoms. The molecule has 0 aliphatic heterocycles. The Labute approximate surface area is 109 Å². The van der Waals surface area contributed by atoms with Crippen molar-refractivity contribution >= 4 is 5.78 Å². The van der Waals surface area contributed by atoms with E-state index in [9.17, 15) is 4.79 Å². The van der Waals surface area contributed by atoms with Crippen molar-refractivity contribution in [1.82, 2.24) is 20.1 Å². The molecule has 0 amide bonds. The summed E-state index contributed by atoms with van der Waals surface area (Å²) in [6, 6.07) is 0.419. The minimum Gasteiger partial charge on any atom is -0.314 e. The van der Waals surface area contributed by atoms with Crippen LogP contribution in [0.1, 0.15) is 39.9 Å². The molecule has 0 aromatic carbocycles. The van der Waals surface area contributed by atoms with Gasteiger partial charge in [0, 0.05) is 25.6 Å². The predicted molar refractivity (Wildman–Crippen MR) is 71.3 cm³/mol. The molecule has 102 valence electrons. The number of nitrogens with zero attached hydrogens (tertiary/aromatic N) is 3. The zero-order valence-electron chi connectivity index (χ0n) is 11.8. The fourth-order valence-corrected chi connectivity index (χ4v) is 1.69. The Hall–Kier alpha value is -1.23. The van der Waals surface area contributed by atoms with Gasteiger partial charge in [0.15, 0.2) is 0 Å². The minimum absolute atomic E-state index is 0.209. The number of Topliss-reactive ketones (excluding diaryl/α,β-unsaturated/α-hetero) is 1. The van der Waals surface area contributed by atoms with Gasteiger partial charge in [-0.15, -0.1) is 0 Å². The van der Waals surface area contributed by atoms with Crippen molar-refractivity contribution in [2.75, 3.05) is 6.54 Å². The Balaban J connectivity index is 2.42. The summed E-state index contributed by atoms with van der Waals surface area (Å²) in [7, 11) is 0. The summed E-state index contributed by atoms with van der Waals surface area (Å²) in [5, 5.41) is 7.39. The summed E-state index contributed by atoms with van der Waals surface area (Å²) in [5.74, 6) is 1.49. The van der Waals surface area contributed by atoms with Crippen molar-refractivity contribution in [2.45, 2.75) is 53.1 Å². The maximum atomic E-state index is 11.8. The van der Waals surface area contributed by atoms with Crippen LogP contribution in [0.25, 0.3) is 0 Å². The van der Waals surface area contributed by atoms with Crippen LogP contribution in [0.3, 0.4) is 0 Å². The van der Waals surface area contributed by atoms with Gasteiger partial charge in [0.1, 0.15) is 17.9 Å². The van der Waals surface area contributed by atoms with E-state index in [1.165, 1.54) is 6.33 Å². The highest BCUT2D eigenvalue weighted by Gasteiger charge is 2.11. The smallest absolute Gasteiger partial charge is 0.141 e. The van der Waals surface area contributed by atoms with E-state index < -0.39 is 0 Å². The zero-order valence-corrected chi connectivity index (χ0v) is 11.8. The van der Waals surface area contributed by atoms with Crippen molar-refractivity contribution in [1.29, 1.82) is 0 Å². The first-order valence-corrected chi connectivity index (χ1v) is 6.60. The first-order valence-electron chi connectivity index (χ1n) is 6.60. The highest BCUT2D eigenvalue weighted by molar-refractivity contribution is 5.80. The summed E-state index contributed by atoms with van der Waals surface area (Å²) in [5.41, 5.74) is 0. The second-order valence-corrected chi connectivity index (χ2v) is 5.33. The largest absolute Gasteiger partial charge is 0.314 e. The van der Waals surface area contributed by atoms with E-state index in [1.807, 2.05) is 4.68 Å². The molecule has 1 aromatic heterocycles. The third-order valence-electron chi connectivity index (χ3n) is 2.55. The molecule has 1 N–H and O–H groups in total. The Morgan fingerprint density at radius 2 is 2.11 bits per heavy atom. The van der Waals surface area contributed by atoms with E-state index in [1.54, 1.807) is 0 Å². The predicted octanol–water partition coefficient (Wildman–Crippen LogP) is 1.43. The quantitative estimate of drug-likeness (QED) is 0.760. The first kappa shape index (κ1) is 14.8. The minimum atomic E-state index is 0.209. The maximum Gasteiger partial charge on any atom is 0.141 e. The fraction of sp³-hybridized carbons (Fsp3) is 0.769. The summed E-state index contributed by atoms with van der Waals surface area (Å²) < 4.78 is 1.83. The third kappa shape index (κ3) is 5.40. The van der Waals surface area contributed by atoms with Crippen molar-refractivity contribution < 1.29 is 4.79 Å². The van der Waals surface area contributed by atoms with Gasteiger partial charge in [0.2, 0.25) is 0 Å². The molecule has 0 saturated heterocycles. The molecular weight excluding hydrogens is 228 g/mol. The maximum absolute atomic E-state index is 11.8. The monoisotopic (exact) mass is 252 g/mol. The number of ketones is 1. The highest BCUT2D eigenvalue weighted by atomic mass is 16.1. The van der Waals surface area contributed by atoms with Gasteiger partial charge >= 0.3 is 0 Å². The molecule has 0 fully saturated rings. The van der Waals surface area contributed by atoms with E-state index in [0.717, 1.165) is 18.9 Å². The lowest BCUT2D eigenvalue weighted by Gasteiger charge is -2.09. The van der Waals surface area contributed by atoms with Gasteiger partial charge < -0.3 is 5.32 Å². The number of hydrogen-bond acceptors (Lipinski definition) is 4. The van der Waals surface area contributed by atoms with Crippen LogP contribution in [0.5, 0.6) is 0 Å². The van der Waals surface area contributed by atoms with Gasteiger partial charge in [-0.1, -0.05) is 27.7 Å². The van der Waals surface area contributed by atoms with E-state index >= 15 is 0 Å². The van der Waals surface area contributed by atoms with Gasteiger partial charge in [-0.25, -0.2) is 9.67 Å². The molecule has 5 heteroatoms. The number of hydrogen-bond donors (Lipinski definition) is 1. The normalized spacial score (nSPS) is 11.4. The molecule has 1 rings (SSSR count). The van der Waals surface area contributed by atoms with E-state index in [4.69, 9.17) is 0 Å². The molecule has 0 radical (unpaired) electrons. The van der Waals surface area contributed by atoms with Crippen LogP contribution in [0.4, 0.5) is 0 Å². The lowest BCUT2D eigenvalue weighted by Crippen LogP contribution is -2.26. The average Bonchev–Trinajstić information content (AvgIpc) is 2.64. The summed E-state index contributed by atoms with van der Waals surface area (Å²) >= 11 is 0. The van der Waals surface area contributed by atoms with Gasteiger partial charge in [-0.3, -0.25) is 4.79 Å². The number of rotatable bonds is 8. The topological polar surface area (TPSA) is 59.8 Å². The van der Waals surface area contributed by atoms with Crippen molar-refractivity contribution in [2.24, 2.45) is 5.92 Å². The number of carbonyl (C=O) groups is 1. The summed E-state index contributed by atoms with van der Waals surface area (Å²) in [6.45, 7) is 9.94. The van der Waals surface area contributed by atoms with Crippen molar-refractivity contribution in [3.05, 3.63) is 12.2 Å². The van der Waals surface area contributed by atoms with Gasteiger partial charge in [0.25, 0.3) is 0 Å². The summed E-state index contributed by atoms with van der Waals surface area (Å²) in [6.07, 6.45) is 2.45. The standard InChI is InChI=1S/C13H24N4O/c1-10(2)8-17-13(15-9-16-17)7-12(18)5-6-14-11(3)4/h9-11,14H,5-8H2,1-4H3. The molecule has 1 aromatic rings. The van der Waals surface area contributed by atoms with Crippen LogP contribution in [0, 0.1) is 5.92 Å². The van der Waals surface area contributed by atoms with Crippen LogP contribution < -0.4 is 5.32 Å². The third-order valence-corrected chi connectivity index (χ3v) is 2.55. The number of aromatic nitrogens is 3. The zero-order chi connectivity index (χ0) is 13.5. The first-order chi connectivity index (χ1) is 8.49. The van der Waals surface area contributed by atoms with Crippen LogP contribution in [-0.2, 0) is 17.8 Å². The molecule has 0 saturated carbocycles. The number of nitrogens with one attached hydrogen (secondary N) is 1. The van der Waals surface area contributed by atoms with Crippen LogP contribution in [-0.4, -0.2) is 33.1 Å². The van der Waals surface area contributed by atoms with Crippen LogP contribution >= 0.6 is 0 Å². The SMILES string of the molecule is CC(C)Cn1ncnc1CC(=O)CCNC(C)C. The molecule has 0 atom stereocenters. The Morgan fingerprint density at radius 3 is 2.72 bits per heavy atom. The van der Waals surface area contributed by atoms with Crippen molar-refractivity contribution in [3.63, 3.8) is 0 Å². The molecule has 0 bridgehead atoms.